The standard InChI is InChI=1S/C20H26N2O3S/c1-5-19(20(23)21-14-17-10-6-15(2)7-11-17)22(26(4,24)25)18-12-8-16(3)9-13-18/h6-13,19H,5,14H2,1-4H3,(H,21,23)/t19-/m0/s1. The summed E-state index contributed by atoms with van der Waals surface area (Å²) >= 11 is 0. The normalized spacial score (nSPS) is 12.5. The summed E-state index contributed by atoms with van der Waals surface area (Å²) in [5, 5.41) is 2.86. The van der Waals surface area contributed by atoms with Crippen molar-refractivity contribution in [2.24, 2.45) is 0 Å². The molecule has 0 aromatic heterocycles. The number of amides is 1. The van der Waals surface area contributed by atoms with Crippen molar-refractivity contribution in [1.29, 1.82) is 0 Å². The van der Waals surface area contributed by atoms with Crippen LogP contribution in [-0.2, 0) is 21.4 Å². The van der Waals surface area contributed by atoms with E-state index in [1.54, 1.807) is 12.1 Å². The first-order chi connectivity index (χ1) is 12.2. The molecule has 0 unspecified atom stereocenters. The molecule has 0 heterocycles. The Morgan fingerprint density at radius 3 is 1.96 bits per heavy atom. The molecule has 0 aliphatic carbocycles. The van der Waals surface area contributed by atoms with Crippen LogP contribution in [0, 0.1) is 13.8 Å². The zero-order chi connectivity index (χ0) is 19.3. The molecule has 26 heavy (non-hydrogen) atoms. The highest BCUT2D eigenvalue weighted by Crippen LogP contribution is 2.23. The van der Waals surface area contributed by atoms with Crippen LogP contribution in [0.2, 0.25) is 0 Å². The van der Waals surface area contributed by atoms with E-state index in [0.717, 1.165) is 22.9 Å². The largest absolute Gasteiger partial charge is 0.350 e. The SMILES string of the molecule is CC[C@@H](C(=O)NCc1ccc(C)cc1)N(c1ccc(C)cc1)S(C)(=O)=O. The molecule has 2 aromatic carbocycles. The van der Waals surface area contributed by atoms with E-state index < -0.39 is 16.1 Å². The zero-order valence-electron chi connectivity index (χ0n) is 15.7. The van der Waals surface area contributed by atoms with Crippen LogP contribution in [-0.4, -0.2) is 26.6 Å². The maximum atomic E-state index is 12.7. The van der Waals surface area contributed by atoms with Crippen molar-refractivity contribution >= 4 is 21.6 Å². The molecule has 0 saturated heterocycles. The van der Waals surface area contributed by atoms with E-state index in [4.69, 9.17) is 0 Å². The minimum Gasteiger partial charge on any atom is -0.350 e. The summed E-state index contributed by atoms with van der Waals surface area (Å²) in [6.07, 6.45) is 1.50. The first-order valence-electron chi connectivity index (χ1n) is 8.61. The van der Waals surface area contributed by atoms with Crippen LogP contribution in [0.1, 0.15) is 30.0 Å². The van der Waals surface area contributed by atoms with Crippen molar-refractivity contribution in [3.8, 4) is 0 Å². The van der Waals surface area contributed by atoms with Gasteiger partial charge in [0.2, 0.25) is 15.9 Å². The van der Waals surface area contributed by atoms with Crippen molar-refractivity contribution in [2.75, 3.05) is 10.6 Å². The predicted octanol–water partition coefficient (Wildman–Crippen LogP) is 3.16. The quantitative estimate of drug-likeness (QED) is 0.809. The number of aryl methyl sites for hydroxylation is 2. The maximum absolute atomic E-state index is 12.7. The third-order valence-corrected chi connectivity index (χ3v) is 5.39. The number of carbonyl (C=O) groups excluding carboxylic acids is 1. The topological polar surface area (TPSA) is 66.5 Å². The van der Waals surface area contributed by atoms with Gasteiger partial charge < -0.3 is 5.32 Å². The van der Waals surface area contributed by atoms with Gasteiger partial charge >= 0.3 is 0 Å². The second-order valence-electron chi connectivity index (χ2n) is 6.52. The highest BCUT2D eigenvalue weighted by molar-refractivity contribution is 7.92. The van der Waals surface area contributed by atoms with Gasteiger partial charge in [0.1, 0.15) is 6.04 Å². The molecule has 5 nitrogen and oxygen atoms in total. The second kappa shape index (κ2) is 8.36. The average Bonchev–Trinajstić information content (AvgIpc) is 2.59. The average molecular weight is 375 g/mol. The summed E-state index contributed by atoms with van der Waals surface area (Å²) in [5.41, 5.74) is 3.64. The number of carbonyl (C=O) groups is 1. The number of rotatable bonds is 7. The van der Waals surface area contributed by atoms with E-state index in [0.29, 0.717) is 18.7 Å². The van der Waals surface area contributed by atoms with Crippen LogP contribution >= 0.6 is 0 Å². The molecule has 140 valence electrons. The van der Waals surface area contributed by atoms with Crippen LogP contribution in [0.5, 0.6) is 0 Å². The summed E-state index contributed by atoms with van der Waals surface area (Å²) in [5.74, 6) is -0.306. The smallest absolute Gasteiger partial charge is 0.244 e. The molecule has 0 spiro atoms. The number of hydrogen-bond acceptors (Lipinski definition) is 3. The van der Waals surface area contributed by atoms with Crippen molar-refractivity contribution in [3.63, 3.8) is 0 Å². The van der Waals surface area contributed by atoms with Crippen LogP contribution in [0.25, 0.3) is 0 Å². The van der Waals surface area contributed by atoms with Gasteiger partial charge in [-0.1, -0.05) is 54.4 Å². The van der Waals surface area contributed by atoms with Gasteiger partial charge in [0.15, 0.2) is 0 Å². The Kier molecular flexibility index (Phi) is 6.42. The van der Waals surface area contributed by atoms with Crippen molar-refractivity contribution in [3.05, 3.63) is 65.2 Å². The first kappa shape index (κ1) is 20.0. The van der Waals surface area contributed by atoms with E-state index in [2.05, 4.69) is 5.32 Å². The summed E-state index contributed by atoms with van der Waals surface area (Å²) in [6.45, 7) is 6.10. The van der Waals surface area contributed by atoms with Crippen molar-refractivity contribution < 1.29 is 13.2 Å². The third-order valence-electron chi connectivity index (χ3n) is 4.21. The second-order valence-corrected chi connectivity index (χ2v) is 8.38. The van der Waals surface area contributed by atoms with Gasteiger partial charge in [-0.25, -0.2) is 8.42 Å². The van der Waals surface area contributed by atoms with Gasteiger partial charge in [0.25, 0.3) is 0 Å². The van der Waals surface area contributed by atoms with Crippen molar-refractivity contribution in [2.45, 2.75) is 39.8 Å². The van der Waals surface area contributed by atoms with E-state index in [-0.39, 0.29) is 5.91 Å². The Morgan fingerprint density at radius 1 is 1.00 bits per heavy atom. The number of nitrogens with zero attached hydrogens (tertiary/aromatic N) is 1. The minimum atomic E-state index is -3.60. The summed E-state index contributed by atoms with van der Waals surface area (Å²) in [4.78, 5) is 12.7. The van der Waals surface area contributed by atoms with E-state index in [1.807, 2.05) is 57.2 Å². The fraction of sp³-hybridized carbons (Fsp3) is 0.350. The Balaban J connectivity index is 2.22. The monoisotopic (exact) mass is 374 g/mol. The molecule has 1 N–H and O–H groups in total. The number of hydrogen-bond donors (Lipinski definition) is 1. The van der Waals surface area contributed by atoms with E-state index in [9.17, 15) is 13.2 Å². The van der Waals surface area contributed by atoms with Crippen LogP contribution in [0.15, 0.2) is 48.5 Å². The van der Waals surface area contributed by atoms with E-state index >= 15 is 0 Å². The lowest BCUT2D eigenvalue weighted by Gasteiger charge is -2.30. The fourth-order valence-electron chi connectivity index (χ4n) is 2.76. The summed E-state index contributed by atoms with van der Waals surface area (Å²) < 4.78 is 26.0. The maximum Gasteiger partial charge on any atom is 0.244 e. The highest BCUT2D eigenvalue weighted by Gasteiger charge is 2.31. The Hall–Kier alpha value is -2.34. The molecule has 2 aromatic rings. The first-order valence-corrected chi connectivity index (χ1v) is 10.5. The molecular formula is C20H26N2O3S. The molecule has 1 amide bonds. The van der Waals surface area contributed by atoms with Crippen molar-refractivity contribution in [1.82, 2.24) is 5.32 Å². The van der Waals surface area contributed by atoms with Gasteiger partial charge in [-0.15, -0.1) is 0 Å². The Bertz CT molecular complexity index is 844. The van der Waals surface area contributed by atoms with Gasteiger partial charge in [-0.3, -0.25) is 9.10 Å². The Morgan fingerprint density at radius 2 is 1.50 bits per heavy atom. The Labute approximate surface area is 156 Å². The lowest BCUT2D eigenvalue weighted by molar-refractivity contribution is -0.122. The molecular weight excluding hydrogens is 348 g/mol. The number of benzene rings is 2. The number of nitrogens with one attached hydrogen (secondary N) is 1. The van der Waals surface area contributed by atoms with Gasteiger partial charge in [-0.2, -0.15) is 0 Å². The zero-order valence-corrected chi connectivity index (χ0v) is 16.5. The molecule has 1 atom stereocenters. The number of anilines is 1. The molecule has 0 bridgehead atoms. The minimum absolute atomic E-state index is 0.306. The molecule has 6 heteroatoms. The lowest BCUT2D eigenvalue weighted by Crippen LogP contribution is -2.49. The van der Waals surface area contributed by atoms with E-state index in [1.165, 1.54) is 4.31 Å². The highest BCUT2D eigenvalue weighted by atomic mass is 32.2. The van der Waals surface area contributed by atoms with Crippen LogP contribution in [0.4, 0.5) is 5.69 Å². The third kappa shape index (κ3) is 5.08. The summed E-state index contributed by atoms with van der Waals surface area (Å²) in [6, 6.07) is 14.2. The molecule has 0 radical (unpaired) electrons. The summed E-state index contributed by atoms with van der Waals surface area (Å²) in [7, 11) is -3.60. The predicted molar refractivity (Wildman–Crippen MR) is 106 cm³/mol. The van der Waals surface area contributed by atoms with Gasteiger partial charge in [-0.05, 0) is 38.0 Å². The fourth-order valence-corrected chi connectivity index (χ4v) is 3.98. The molecule has 2 rings (SSSR count). The number of sulfonamides is 1. The molecule has 0 aliphatic rings. The molecule has 0 fully saturated rings. The molecule has 0 saturated carbocycles. The van der Waals surface area contributed by atoms with Crippen LogP contribution < -0.4 is 9.62 Å². The van der Waals surface area contributed by atoms with Gasteiger partial charge in [0.05, 0.1) is 11.9 Å². The van der Waals surface area contributed by atoms with Crippen LogP contribution in [0.3, 0.4) is 0 Å². The van der Waals surface area contributed by atoms with Gasteiger partial charge in [0, 0.05) is 6.54 Å². The lowest BCUT2D eigenvalue weighted by atomic mass is 10.1. The molecule has 0 aliphatic heterocycles.